The van der Waals surface area contributed by atoms with E-state index < -0.39 is 0 Å². The molecule has 4 nitrogen and oxygen atoms in total. The molecule has 4 rings (SSSR count). The Bertz CT molecular complexity index is 880. The summed E-state index contributed by atoms with van der Waals surface area (Å²) in [4.78, 5) is 11.5. The molecule has 5 heteroatoms. The first-order valence-electron chi connectivity index (χ1n) is 8.57. The molecule has 0 radical (unpaired) electrons. The van der Waals surface area contributed by atoms with Crippen LogP contribution >= 0.6 is 0 Å². The van der Waals surface area contributed by atoms with Crippen molar-refractivity contribution in [1.82, 2.24) is 10.2 Å². The Hall–Kier alpha value is -2.30. The number of benzene rings is 1. The van der Waals surface area contributed by atoms with Gasteiger partial charge in [0.25, 0.3) is 0 Å². The first kappa shape index (κ1) is 16.2. The third kappa shape index (κ3) is 2.01. The maximum Gasteiger partial charge on any atom is 0.302 e. The number of carbonyl (C=O) groups excluding carboxylic acids is 1. The molecule has 130 valence electrons. The van der Waals surface area contributed by atoms with Gasteiger partial charge in [0.2, 0.25) is 0 Å². The Morgan fingerprint density at radius 3 is 2.64 bits per heavy atom. The summed E-state index contributed by atoms with van der Waals surface area (Å²) in [7, 11) is 0. The van der Waals surface area contributed by atoms with Gasteiger partial charge in [0, 0.05) is 12.5 Å². The van der Waals surface area contributed by atoms with Crippen LogP contribution in [0.2, 0.25) is 0 Å². The van der Waals surface area contributed by atoms with Crippen LogP contribution in [-0.4, -0.2) is 22.3 Å². The molecule has 2 aliphatic rings. The third-order valence-corrected chi connectivity index (χ3v) is 6.45. The molecule has 1 heterocycles. The second-order valence-electron chi connectivity index (χ2n) is 7.82. The smallest absolute Gasteiger partial charge is 0.302 e. The zero-order chi connectivity index (χ0) is 18.0. The fourth-order valence-corrected chi connectivity index (χ4v) is 4.74. The number of halogens is 1. The van der Waals surface area contributed by atoms with Crippen LogP contribution in [0.25, 0.3) is 11.3 Å². The molecular weight excluding hydrogens is 319 g/mol. The van der Waals surface area contributed by atoms with Crippen molar-refractivity contribution in [1.29, 1.82) is 0 Å². The normalized spacial score (nSPS) is 28.7. The lowest BCUT2D eigenvalue weighted by atomic mass is 9.69. The molecule has 0 saturated heterocycles. The fourth-order valence-electron chi connectivity index (χ4n) is 4.74. The van der Waals surface area contributed by atoms with Gasteiger partial charge in [-0.05, 0) is 48.4 Å². The van der Waals surface area contributed by atoms with Crippen LogP contribution in [0.15, 0.2) is 30.3 Å². The highest BCUT2D eigenvalue weighted by Gasteiger charge is 2.67. The highest BCUT2D eigenvalue weighted by molar-refractivity contribution is 5.67. The van der Waals surface area contributed by atoms with Crippen LogP contribution in [0.3, 0.4) is 0 Å². The topological polar surface area (TPSA) is 52.1 Å². The van der Waals surface area contributed by atoms with Gasteiger partial charge in [-0.3, -0.25) is 4.79 Å². The molecular formula is C20H21FN2O2. The molecule has 1 aromatic heterocycles. The molecule has 0 N–H and O–H groups in total. The van der Waals surface area contributed by atoms with Crippen molar-refractivity contribution in [3.05, 3.63) is 47.4 Å². The minimum atomic E-state index is -0.389. The van der Waals surface area contributed by atoms with E-state index in [1.54, 1.807) is 18.2 Å². The standard InChI is InChI=1S/C20H21FN2O2/c1-11(24)25-17-10-14-13-9-16(12-7-5-6-8-15(12)21)22-23-18(13)20(17,4)19(14,2)3/h5-9,14,17H,10H2,1-4H3/t14-,17+,20+/m1/s1. The summed E-state index contributed by atoms with van der Waals surface area (Å²) < 4.78 is 19.7. The van der Waals surface area contributed by atoms with Crippen molar-refractivity contribution >= 4 is 5.97 Å². The van der Waals surface area contributed by atoms with Crippen molar-refractivity contribution in [3.63, 3.8) is 0 Å². The van der Waals surface area contributed by atoms with Gasteiger partial charge in [0.1, 0.15) is 11.9 Å². The highest BCUT2D eigenvalue weighted by atomic mass is 19.1. The predicted molar refractivity (Wildman–Crippen MR) is 91.5 cm³/mol. The third-order valence-electron chi connectivity index (χ3n) is 6.45. The minimum absolute atomic E-state index is 0.113. The average Bonchev–Trinajstić information content (AvgIpc) is 2.85. The SMILES string of the molecule is CC(=O)O[C@H]1C[C@@H]2c3cc(-c4ccccc4F)nnc3[C@@]1(C)C2(C)C. The number of rotatable bonds is 2. The van der Waals surface area contributed by atoms with Crippen LogP contribution in [0.4, 0.5) is 4.39 Å². The van der Waals surface area contributed by atoms with E-state index >= 15 is 0 Å². The van der Waals surface area contributed by atoms with E-state index in [4.69, 9.17) is 4.74 Å². The van der Waals surface area contributed by atoms with E-state index in [9.17, 15) is 9.18 Å². The van der Waals surface area contributed by atoms with Gasteiger partial charge >= 0.3 is 5.97 Å². The first-order valence-corrected chi connectivity index (χ1v) is 8.57. The van der Waals surface area contributed by atoms with Gasteiger partial charge in [0.05, 0.1) is 16.8 Å². The van der Waals surface area contributed by atoms with E-state index in [0.29, 0.717) is 11.3 Å². The van der Waals surface area contributed by atoms with Crippen LogP contribution in [0, 0.1) is 11.2 Å². The summed E-state index contributed by atoms with van der Waals surface area (Å²) >= 11 is 0. The van der Waals surface area contributed by atoms with E-state index in [2.05, 4.69) is 31.0 Å². The molecule has 0 amide bonds. The molecule has 2 aliphatic carbocycles. The van der Waals surface area contributed by atoms with Crippen molar-refractivity contribution in [3.8, 4) is 11.3 Å². The number of aromatic nitrogens is 2. The lowest BCUT2D eigenvalue weighted by Crippen LogP contribution is -2.43. The second-order valence-corrected chi connectivity index (χ2v) is 7.82. The number of nitrogens with zero attached hydrogens (tertiary/aromatic N) is 2. The van der Waals surface area contributed by atoms with Crippen LogP contribution < -0.4 is 0 Å². The summed E-state index contributed by atoms with van der Waals surface area (Å²) in [6.07, 6.45) is 0.560. The zero-order valence-corrected chi connectivity index (χ0v) is 14.8. The highest BCUT2D eigenvalue weighted by Crippen LogP contribution is 2.67. The van der Waals surface area contributed by atoms with E-state index in [-0.39, 0.29) is 34.6 Å². The Kier molecular flexibility index (Phi) is 3.30. The lowest BCUT2D eigenvalue weighted by molar-refractivity contribution is -0.150. The fraction of sp³-hybridized carbons (Fsp3) is 0.450. The Morgan fingerprint density at radius 1 is 1.24 bits per heavy atom. The average molecular weight is 340 g/mol. The largest absolute Gasteiger partial charge is 0.462 e. The molecule has 1 fully saturated rings. The van der Waals surface area contributed by atoms with Crippen molar-refractivity contribution in [2.75, 3.05) is 0 Å². The molecule has 1 saturated carbocycles. The number of hydrogen-bond acceptors (Lipinski definition) is 4. The van der Waals surface area contributed by atoms with Crippen molar-refractivity contribution in [2.45, 2.75) is 51.6 Å². The predicted octanol–water partition coefficient (Wildman–Crippen LogP) is 4.00. The Morgan fingerprint density at radius 2 is 1.96 bits per heavy atom. The number of carbonyl (C=O) groups is 1. The maximum absolute atomic E-state index is 14.1. The van der Waals surface area contributed by atoms with Gasteiger partial charge < -0.3 is 4.74 Å². The summed E-state index contributed by atoms with van der Waals surface area (Å²) in [6.45, 7) is 7.91. The zero-order valence-electron chi connectivity index (χ0n) is 14.8. The molecule has 2 bridgehead atoms. The quantitative estimate of drug-likeness (QED) is 0.776. The summed E-state index contributed by atoms with van der Waals surface area (Å²) in [5, 5.41) is 8.77. The van der Waals surface area contributed by atoms with Gasteiger partial charge in [-0.15, -0.1) is 0 Å². The lowest BCUT2D eigenvalue weighted by Gasteiger charge is -2.37. The van der Waals surface area contributed by atoms with Crippen LogP contribution in [-0.2, 0) is 14.9 Å². The van der Waals surface area contributed by atoms with Crippen molar-refractivity contribution < 1.29 is 13.9 Å². The van der Waals surface area contributed by atoms with Gasteiger partial charge in [0.15, 0.2) is 0 Å². The number of ether oxygens (including phenoxy) is 1. The summed E-state index contributed by atoms with van der Waals surface area (Å²) in [5.41, 5.74) is 2.48. The van der Waals surface area contributed by atoms with E-state index in [1.807, 2.05) is 6.07 Å². The molecule has 25 heavy (non-hydrogen) atoms. The van der Waals surface area contributed by atoms with Crippen LogP contribution in [0.1, 0.15) is 51.3 Å². The maximum atomic E-state index is 14.1. The minimum Gasteiger partial charge on any atom is -0.462 e. The monoisotopic (exact) mass is 340 g/mol. The molecule has 0 unspecified atom stereocenters. The molecule has 0 aliphatic heterocycles. The summed E-state index contributed by atoms with van der Waals surface area (Å²) in [5.74, 6) is -0.367. The van der Waals surface area contributed by atoms with Crippen molar-refractivity contribution in [2.24, 2.45) is 5.41 Å². The molecule has 2 aromatic rings. The molecule has 0 spiro atoms. The van der Waals surface area contributed by atoms with Crippen LogP contribution in [0.5, 0.6) is 0 Å². The van der Waals surface area contributed by atoms with Gasteiger partial charge in [-0.2, -0.15) is 10.2 Å². The first-order chi connectivity index (χ1) is 11.8. The second kappa shape index (κ2) is 5.10. The van der Waals surface area contributed by atoms with Gasteiger partial charge in [-0.1, -0.05) is 26.0 Å². The molecule has 1 aromatic carbocycles. The van der Waals surface area contributed by atoms with E-state index in [1.165, 1.54) is 13.0 Å². The number of esters is 1. The molecule has 3 atom stereocenters. The van der Waals surface area contributed by atoms with E-state index in [0.717, 1.165) is 17.7 Å². The Balaban J connectivity index is 1.84. The van der Waals surface area contributed by atoms with Gasteiger partial charge in [-0.25, -0.2) is 4.39 Å². The summed E-state index contributed by atoms with van der Waals surface area (Å²) in [6, 6.07) is 8.56. The number of fused-ring (bicyclic) bond motifs is 5. The Labute approximate surface area is 146 Å². The number of hydrogen-bond donors (Lipinski definition) is 0.